The zero-order valence-corrected chi connectivity index (χ0v) is 9.04. The van der Waals surface area contributed by atoms with Crippen LogP contribution in [0.5, 0.6) is 0 Å². The summed E-state index contributed by atoms with van der Waals surface area (Å²) in [5.74, 6) is 0. The van der Waals surface area contributed by atoms with E-state index in [2.05, 4.69) is 39.4 Å². The molecule has 0 bridgehead atoms. The maximum Gasteiger partial charge on any atom is 0.0462 e. The molecule has 0 radical (unpaired) electrons. The molecule has 0 N–H and O–H groups in total. The van der Waals surface area contributed by atoms with Crippen molar-refractivity contribution in [2.75, 3.05) is 0 Å². The fourth-order valence-electron chi connectivity index (χ4n) is 0. The molecule has 0 heterocycles. The molecule has 0 aromatic rings. The smallest absolute Gasteiger partial charge is 0.0462 e. The van der Waals surface area contributed by atoms with E-state index in [0.29, 0.717) is 0 Å². The van der Waals surface area contributed by atoms with Crippen molar-refractivity contribution in [2.45, 2.75) is 0 Å². The molecule has 0 aromatic carbocycles. The van der Waals surface area contributed by atoms with Crippen molar-refractivity contribution in [3.63, 3.8) is 0 Å². The Labute approximate surface area is 91.1 Å². The first-order valence-electron chi connectivity index (χ1n) is 1.55. The first-order chi connectivity index (χ1) is 6.00. The fourth-order valence-corrected chi connectivity index (χ4v) is 0. The predicted molar refractivity (Wildman–Crippen MR) is 40.0 cm³/mol. The average Bonchev–Trinajstić information content (AvgIpc) is 2.33. The zero-order chi connectivity index (χ0) is 12.0. The monoisotopic (exact) mass is 354 g/mol. The minimum Gasteiger partial charge on any atom is -0.202 e. The molecule has 0 aromatic heterocycles. The van der Waals surface area contributed by atoms with Crippen LogP contribution in [0.3, 0.4) is 0 Å². The van der Waals surface area contributed by atoms with Crippen LogP contribution in [0.1, 0.15) is 0 Å². The Bertz CT molecular complexity index is 92.1. The van der Waals surface area contributed by atoms with Gasteiger partial charge in [0.25, 0.3) is 0 Å². The number of rotatable bonds is 0. The Balaban J connectivity index is -0.00000000655. The van der Waals surface area contributed by atoms with E-state index in [4.69, 9.17) is 31.6 Å². The minimum atomic E-state index is 0. The molecule has 0 amide bonds. The van der Waals surface area contributed by atoms with E-state index in [1.807, 2.05) is 0 Å². The number of nitriles is 6. The summed E-state index contributed by atoms with van der Waals surface area (Å²) in [5, 5.41) is 39.0. The van der Waals surface area contributed by atoms with E-state index in [9.17, 15) is 0 Å². The van der Waals surface area contributed by atoms with E-state index in [0.717, 1.165) is 0 Å². The first-order valence-corrected chi connectivity index (χ1v) is 1.55. The van der Waals surface area contributed by atoms with Crippen LogP contribution in [0.15, 0.2) is 0 Å². The van der Waals surface area contributed by atoms with Gasteiger partial charge >= 0.3 is 0 Å². The van der Waals surface area contributed by atoms with Crippen molar-refractivity contribution < 1.29 is 19.8 Å². The van der Waals surface area contributed by atoms with Gasteiger partial charge in [0, 0.05) is 59.2 Å². The Kier molecular flexibility index (Phi) is 699. The van der Waals surface area contributed by atoms with Gasteiger partial charge in [0.05, 0.1) is 0 Å². The third-order valence-corrected chi connectivity index (χ3v) is 0. The maximum absolute atomic E-state index is 6.50. The molecular formula is C6H6N6Os. The van der Waals surface area contributed by atoms with Gasteiger partial charge in [0.15, 0.2) is 0 Å². The molecule has 0 saturated heterocycles. The van der Waals surface area contributed by atoms with Gasteiger partial charge in [-0.15, -0.1) is 0 Å². The molecule has 0 aliphatic carbocycles. The molecule has 0 fully saturated rings. The molecule has 13 heavy (non-hydrogen) atoms. The van der Waals surface area contributed by atoms with Crippen molar-refractivity contribution in [1.29, 1.82) is 31.6 Å². The van der Waals surface area contributed by atoms with Crippen molar-refractivity contribution >= 4 is 0 Å². The zero-order valence-electron chi connectivity index (χ0n) is 6.50. The first kappa shape index (κ1) is 75.8. The predicted octanol–water partition coefficient (Wildman–Crippen LogP) is 0.836. The molecule has 0 aliphatic rings. The molecule has 0 saturated carbocycles. The van der Waals surface area contributed by atoms with Gasteiger partial charge in [-0.25, -0.2) is 31.6 Å². The summed E-state index contributed by atoms with van der Waals surface area (Å²) in [4.78, 5) is 0. The van der Waals surface area contributed by atoms with Crippen molar-refractivity contribution in [2.24, 2.45) is 0 Å². The summed E-state index contributed by atoms with van der Waals surface area (Å²) in [6, 6.07) is 0. The van der Waals surface area contributed by atoms with Gasteiger partial charge in [-0.3, -0.25) is 0 Å². The van der Waals surface area contributed by atoms with Crippen LogP contribution < -0.4 is 0 Å². The Morgan fingerprint density at radius 2 is 0.308 bits per heavy atom. The second kappa shape index (κ2) is 120. The van der Waals surface area contributed by atoms with Gasteiger partial charge in [-0.05, 0) is 0 Å². The third-order valence-electron chi connectivity index (χ3n) is 0. The largest absolute Gasteiger partial charge is 0.202 e. The van der Waals surface area contributed by atoms with E-state index < -0.39 is 0 Å². The van der Waals surface area contributed by atoms with Crippen LogP contribution in [-0.2, 0) is 19.8 Å². The molecule has 0 spiro atoms. The Hall–Kier alpha value is -2.42. The van der Waals surface area contributed by atoms with Gasteiger partial charge in [-0.2, -0.15) is 0 Å². The average molecular weight is 352 g/mol. The number of nitrogens with zero attached hydrogens (tertiary/aromatic N) is 6. The normalized spacial score (nSPS) is 0.923. The maximum atomic E-state index is 6.50. The van der Waals surface area contributed by atoms with Crippen molar-refractivity contribution in [3.05, 3.63) is 0 Å². The van der Waals surface area contributed by atoms with Gasteiger partial charge < -0.3 is 0 Å². The SMILES string of the molecule is C#N.C#N.C#N.C#N.C#N.C#N.[Os]. The number of hydrogen-bond acceptors (Lipinski definition) is 6. The van der Waals surface area contributed by atoms with Crippen molar-refractivity contribution in [3.8, 4) is 39.4 Å². The second-order valence-electron chi connectivity index (χ2n) is 0. The van der Waals surface area contributed by atoms with Gasteiger partial charge in [-0.1, -0.05) is 0 Å². The molecule has 0 atom stereocenters. The van der Waals surface area contributed by atoms with Crippen LogP contribution in [0.4, 0.5) is 0 Å². The minimum absolute atomic E-state index is 0. The fraction of sp³-hybridized carbons (Fsp3) is 0. The molecule has 0 rings (SSSR count). The van der Waals surface area contributed by atoms with Crippen LogP contribution in [0.2, 0.25) is 0 Å². The molecule has 0 aliphatic heterocycles. The summed E-state index contributed by atoms with van der Waals surface area (Å²) >= 11 is 0. The molecule has 6 nitrogen and oxygen atoms in total. The second-order valence-corrected chi connectivity index (χ2v) is 0. The van der Waals surface area contributed by atoms with Crippen LogP contribution in [0, 0.1) is 71.0 Å². The summed E-state index contributed by atoms with van der Waals surface area (Å²) < 4.78 is 0. The van der Waals surface area contributed by atoms with Gasteiger partial charge in [0.2, 0.25) is 0 Å². The van der Waals surface area contributed by atoms with Gasteiger partial charge in [0.1, 0.15) is 0 Å². The van der Waals surface area contributed by atoms with Crippen LogP contribution in [-0.4, -0.2) is 0 Å². The Morgan fingerprint density at radius 1 is 0.308 bits per heavy atom. The molecule has 68 valence electrons. The number of hydrogen-bond donors (Lipinski definition) is 0. The summed E-state index contributed by atoms with van der Waals surface area (Å²) in [6.07, 6.45) is 0. The van der Waals surface area contributed by atoms with Crippen LogP contribution in [0.25, 0.3) is 0 Å². The quantitative estimate of drug-likeness (QED) is 0.632. The summed E-state index contributed by atoms with van der Waals surface area (Å²) in [7, 11) is 0. The van der Waals surface area contributed by atoms with Crippen molar-refractivity contribution in [1.82, 2.24) is 0 Å². The van der Waals surface area contributed by atoms with E-state index in [1.54, 1.807) is 0 Å². The standard InChI is InChI=1S/6CHN.Os/c6*1-2;/h6*1H;. The van der Waals surface area contributed by atoms with E-state index >= 15 is 0 Å². The Morgan fingerprint density at radius 3 is 0.308 bits per heavy atom. The van der Waals surface area contributed by atoms with E-state index in [1.165, 1.54) is 0 Å². The molecular weight excluding hydrogens is 346 g/mol. The summed E-state index contributed by atoms with van der Waals surface area (Å²) in [6.45, 7) is 21.0. The summed E-state index contributed by atoms with van der Waals surface area (Å²) in [5.41, 5.74) is 0. The van der Waals surface area contributed by atoms with E-state index in [-0.39, 0.29) is 19.8 Å². The van der Waals surface area contributed by atoms with Crippen LogP contribution >= 0.6 is 0 Å². The third kappa shape index (κ3) is 93.6. The molecule has 7 heteroatoms. The topological polar surface area (TPSA) is 143 Å². The molecule has 0 unspecified atom stereocenters.